The van der Waals surface area contributed by atoms with Gasteiger partial charge in [0.15, 0.2) is 0 Å². The van der Waals surface area contributed by atoms with E-state index in [9.17, 15) is 14.4 Å². The molecule has 0 aliphatic rings. The second-order valence-electron chi connectivity index (χ2n) is 4.85. The first-order valence-corrected chi connectivity index (χ1v) is 6.90. The smallest absolute Gasteiger partial charge is 0.321 e. The lowest BCUT2D eigenvalue weighted by Crippen LogP contribution is -2.48. The van der Waals surface area contributed by atoms with Gasteiger partial charge in [0.05, 0.1) is 6.04 Å². The van der Waals surface area contributed by atoms with Crippen LogP contribution in [0.3, 0.4) is 0 Å². The number of carbonyl (C=O) groups excluding carboxylic acids is 2. The molecule has 0 aromatic rings. The number of imide groups is 1. The lowest BCUT2D eigenvalue weighted by atomic mass is 10.0. The van der Waals surface area contributed by atoms with Crippen molar-refractivity contribution < 1.29 is 19.5 Å². The van der Waals surface area contributed by atoms with Gasteiger partial charge in [-0.15, -0.1) is 0 Å². The zero-order valence-electron chi connectivity index (χ0n) is 12.4. The van der Waals surface area contributed by atoms with E-state index in [0.717, 1.165) is 6.42 Å². The Morgan fingerprint density at radius 2 is 1.80 bits per heavy atom. The summed E-state index contributed by atoms with van der Waals surface area (Å²) in [6, 6.07) is -0.967. The quantitative estimate of drug-likeness (QED) is 0.499. The minimum absolute atomic E-state index is 0.161. The normalized spacial score (nSPS) is 13.3. The van der Waals surface area contributed by atoms with Crippen LogP contribution in [0.1, 0.15) is 40.0 Å². The maximum Gasteiger partial charge on any atom is 0.321 e. The summed E-state index contributed by atoms with van der Waals surface area (Å²) in [5.74, 6) is -0.897. The largest absolute Gasteiger partial charge is 0.481 e. The van der Waals surface area contributed by atoms with Crippen molar-refractivity contribution in [3.05, 3.63) is 0 Å². The number of urea groups is 1. The summed E-state index contributed by atoms with van der Waals surface area (Å²) in [6.45, 7) is 6.48. The van der Waals surface area contributed by atoms with Gasteiger partial charge >= 0.3 is 12.0 Å². The zero-order chi connectivity index (χ0) is 15.5. The molecule has 0 fully saturated rings. The third-order valence-electron chi connectivity index (χ3n) is 2.91. The summed E-state index contributed by atoms with van der Waals surface area (Å²) in [5.41, 5.74) is 0. The molecule has 2 atom stereocenters. The number of carboxylic acids is 1. The number of amides is 3. The van der Waals surface area contributed by atoms with Gasteiger partial charge in [0.25, 0.3) is 0 Å². The average molecular weight is 287 g/mol. The van der Waals surface area contributed by atoms with Gasteiger partial charge in [-0.05, 0) is 39.2 Å². The van der Waals surface area contributed by atoms with Crippen LogP contribution in [0.25, 0.3) is 0 Å². The minimum Gasteiger partial charge on any atom is -0.481 e. The Labute approximate surface area is 119 Å². The van der Waals surface area contributed by atoms with E-state index < -0.39 is 18.0 Å². The Morgan fingerprint density at radius 1 is 1.15 bits per heavy atom. The number of aliphatic carboxylic acids is 1. The van der Waals surface area contributed by atoms with E-state index in [2.05, 4.69) is 16.0 Å². The maximum absolute atomic E-state index is 11.6. The first-order chi connectivity index (χ1) is 9.36. The van der Waals surface area contributed by atoms with Gasteiger partial charge in [-0.25, -0.2) is 4.79 Å². The fourth-order valence-corrected chi connectivity index (χ4v) is 1.58. The van der Waals surface area contributed by atoms with Gasteiger partial charge < -0.3 is 15.7 Å². The molecular formula is C13H25N3O4. The molecular weight excluding hydrogens is 262 g/mol. The fourth-order valence-electron chi connectivity index (χ4n) is 1.58. The van der Waals surface area contributed by atoms with E-state index in [1.54, 1.807) is 13.8 Å². The first-order valence-electron chi connectivity index (χ1n) is 6.90. The van der Waals surface area contributed by atoms with Crippen molar-refractivity contribution in [2.45, 2.75) is 46.1 Å². The highest BCUT2D eigenvalue weighted by Crippen LogP contribution is 2.09. The van der Waals surface area contributed by atoms with Crippen LogP contribution in [-0.2, 0) is 9.59 Å². The molecule has 2 unspecified atom stereocenters. The summed E-state index contributed by atoms with van der Waals surface area (Å²) in [7, 11) is 0. The third kappa shape index (κ3) is 9.32. The Kier molecular flexibility index (Phi) is 9.36. The molecule has 0 rings (SSSR count). The van der Waals surface area contributed by atoms with Crippen molar-refractivity contribution in [2.24, 2.45) is 5.92 Å². The molecule has 116 valence electrons. The Morgan fingerprint density at radius 3 is 2.35 bits per heavy atom. The Bertz CT molecular complexity index is 334. The molecule has 0 aromatic carbocycles. The van der Waals surface area contributed by atoms with E-state index >= 15 is 0 Å². The number of carboxylic acid groups (broad SMARTS) is 1. The number of carbonyl (C=O) groups is 3. The van der Waals surface area contributed by atoms with Crippen LogP contribution in [0, 0.1) is 5.92 Å². The molecule has 0 radical (unpaired) electrons. The van der Waals surface area contributed by atoms with Crippen molar-refractivity contribution in [1.29, 1.82) is 0 Å². The van der Waals surface area contributed by atoms with E-state index in [1.165, 1.54) is 0 Å². The van der Waals surface area contributed by atoms with Gasteiger partial charge in [-0.2, -0.15) is 0 Å². The van der Waals surface area contributed by atoms with Gasteiger partial charge in [-0.1, -0.05) is 6.92 Å². The lowest BCUT2D eigenvalue weighted by molar-refractivity contribution is -0.137. The Balaban J connectivity index is 3.81. The van der Waals surface area contributed by atoms with Crippen molar-refractivity contribution in [2.75, 3.05) is 13.1 Å². The molecule has 0 aliphatic carbocycles. The van der Waals surface area contributed by atoms with Crippen LogP contribution < -0.4 is 16.0 Å². The molecule has 20 heavy (non-hydrogen) atoms. The van der Waals surface area contributed by atoms with Crippen LogP contribution in [0.5, 0.6) is 0 Å². The highest BCUT2D eigenvalue weighted by atomic mass is 16.4. The Hall–Kier alpha value is -1.63. The van der Waals surface area contributed by atoms with Gasteiger partial charge in [0, 0.05) is 13.0 Å². The highest BCUT2D eigenvalue weighted by Gasteiger charge is 2.15. The first kappa shape index (κ1) is 18.4. The molecule has 0 saturated carbocycles. The van der Waals surface area contributed by atoms with E-state index in [4.69, 9.17) is 5.11 Å². The summed E-state index contributed by atoms with van der Waals surface area (Å²) in [6.07, 6.45) is 1.57. The third-order valence-corrected chi connectivity index (χ3v) is 2.91. The summed E-state index contributed by atoms with van der Waals surface area (Å²) in [4.78, 5) is 33.2. The second-order valence-corrected chi connectivity index (χ2v) is 4.85. The van der Waals surface area contributed by atoms with Crippen LogP contribution >= 0.6 is 0 Å². The molecule has 0 heterocycles. The maximum atomic E-state index is 11.6. The van der Waals surface area contributed by atoms with Gasteiger partial charge in [-0.3, -0.25) is 14.9 Å². The number of nitrogens with one attached hydrogen (secondary N) is 3. The van der Waals surface area contributed by atoms with Gasteiger partial charge in [0.2, 0.25) is 5.91 Å². The SMILES string of the molecule is CCNC(=O)NC(=O)C(C)NCCC(C)CCC(=O)O. The second kappa shape index (κ2) is 10.2. The van der Waals surface area contributed by atoms with Crippen molar-refractivity contribution in [3.63, 3.8) is 0 Å². The molecule has 0 aliphatic heterocycles. The van der Waals surface area contributed by atoms with Crippen LogP contribution in [-0.4, -0.2) is 42.1 Å². The number of rotatable bonds is 9. The molecule has 0 spiro atoms. The van der Waals surface area contributed by atoms with Crippen LogP contribution in [0.4, 0.5) is 4.79 Å². The molecule has 7 nitrogen and oxygen atoms in total. The monoisotopic (exact) mass is 287 g/mol. The number of hydrogen-bond donors (Lipinski definition) is 4. The fraction of sp³-hybridized carbons (Fsp3) is 0.769. The van der Waals surface area contributed by atoms with Crippen molar-refractivity contribution in [3.8, 4) is 0 Å². The lowest BCUT2D eigenvalue weighted by Gasteiger charge is -2.15. The van der Waals surface area contributed by atoms with Gasteiger partial charge in [0.1, 0.15) is 0 Å². The molecule has 7 heteroatoms. The summed E-state index contributed by atoms with van der Waals surface area (Å²) < 4.78 is 0. The van der Waals surface area contributed by atoms with Crippen molar-refractivity contribution in [1.82, 2.24) is 16.0 Å². The van der Waals surface area contributed by atoms with E-state index in [-0.39, 0.29) is 18.2 Å². The number of hydrogen-bond acceptors (Lipinski definition) is 4. The standard InChI is InChI=1S/C13H25N3O4/c1-4-14-13(20)16-12(19)10(3)15-8-7-9(2)5-6-11(17)18/h9-10,15H,4-8H2,1-3H3,(H,17,18)(H2,14,16,19,20). The molecule has 4 N–H and O–H groups in total. The molecule has 3 amide bonds. The van der Waals surface area contributed by atoms with Crippen molar-refractivity contribution >= 4 is 17.9 Å². The van der Waals surface area contributed by atoms with E-state index in [1.807, 2.05) is 6.92 Å². The highest BCUT2D eigenvalue weighted by molar-refractivity contribution is 5.96. The van der Waals surface area contributed by atoms with Crippen LogP contribution in [0.2, 0.25) is 0 Å². The zero-order valence-corrected chi connectivity index (χ0v) is 12.4. The predicted octanol–water partition coefficient (Wildman–Crippen LogP) is 0.701. The van der Waals surface area contributed by atoms with E-state index in [0.29, 0.717) is 19.5 Å². The van der Waals surface area contributed by atoms with Crippen LogP contribution in [0.15, 0.2) is 0 Å². The summed E-state index contributed by atoms with van der Waals surface area (Å²) >= 11 is 0. The predicted molar refractivity (Wildman–Crippen MR) is 75.3 cm³/mol. The molecule has 0 bridgehead atoms. The minimum atomic E-state index is -0.792. The summed E-state index contributed by atoms with van der Waals surface area (Å²) in [5, 5.41) is 16.3. The average Bonchev–Trinajstić information content (AvgIpc) is 2.36. The molecule has 0 aromatic heterocycles. The molecule has 0 saturated heterocycles. The topological polar surface area (TPSA) is 108 Å².